The van der Waals surface area contributed by atoms with Crippen molar-refractivity contribution < 1.29 is 9.90 Å². The molecule has 0 unspecified atom stereocenters. The van der Waals surface area contributed by atoms with Crippen LogP contribution in [0.15, 0.2) is 29.2 Å². The summed E-state index contributed by atoms with van der Waals surface area (Å²) in [4.78, 5) is 27.0. The Morgan fingerprint density at radius 3 is 3.05 bits per heavy atom. The summed E-state index contributed by atoms with van der Waals surface area (Å²) in [5.41, 5.74) is 7.45. The van der Waals surface area contributed by atoms with Gasteiger partial charge in [-0.2, -0.15) is 11.8 Å². The van der Waals surface area contributed by atoms with Gasteiger partial charge >= 0.3 is 5.97 Å². The fourth-order valence-electron chi connectivity index (χ4n) is 1.74. The molecular weight excluding hydrogens is 278 g/mol. The third-order valence-corrected chi connectivity index (χ3v) is 3.90. The van der Waals surface area contributed by atoms with Crippen LogP contribution in [0.5, 0.6) is 0 Å². The van der Waals surface area contributed by atoms with Gasteiger partial charge in [0.1, 0.15) is 11.7 Å². The fraction of sp³-hybridized carbons (Fsp3) is 0.308. The number of fused-ring (bicyclic) bond motifs is 1. The Kier molecular flexibility index (Phi) is 4.41. The molecular formula is C13H15N3O3S. The van der Waals surface area contributed by atoms with E-state index in [1.165, 1.54) is 22.2 Å². The Bertz CT molecular complexity index is 699. The number of carbonyl (C=O) groups is 1. The second-order valence-electron chi connectivity index (χ2n) is 4.43. The van der Waals surface area contributed by atoms with Crippen molar-refractivity contribution >= 4 is 23.4 Å². The second-order valence-corrected chi connectivity index (χ2v) is 5.46. The molecule has 0 aliphatic rings. The molecule has 0 aliphatic heterocycles. The summed E-state index contributed by atoms with van der Waals surface area (Å²) in [6.45, 7) is 1.89. The standard InChI is InChI=1S/C13H15N3O3S/c1-8-3-2-4-16-11(17)5-9(15-12(8)16)6-20-7-10(14)13(18)19/h2-5,10H,6-7,14H2,1H3,(H,18,19)/t10-/m0/s1. The van der Waals surface area contributed by atoms with E-state index in [0.29, 0.717) is 17.1 Å². The lowest BCUT2D eigenvalue weighted by molar-refractivity contribution is -0.137. The number of aliphatic carboxylic acids is 1. The maximum absolute atomic E-state index is 12.0. The van der Waals surface area contributed by atoms with E-state index in [4.69, 9.17) is 10.8 Å². The molecule has 2 heterocycles. The van der Waals surface area contributed by atoms with E-state index in [1.807, 2.05) is 13.0 Å². The van der Waals surface area contributed by atoms with E-state index in [1.54, 1.807) is 12.3 Å². The third-order valence-electron chi connectivity index (χ3n) is 2.80. The molecule has 0 saturated carbocycles. The highest BCUT2D eigenvalue weighted by molar-refractivity contribution is 7.98. The Balaban J connectivity index is 2.18. The number of pyridine rings is 1. The highest BCUT2D eigenvalue weighted by Gasteiger charge is 2.11. The molecule has 0 aromatic carbocycles. The zero-order valence-electron chi connectivity index (χ0n) is 10.9. The molecule has 2 rings (SSSR count). The number of aryl methyl sites for hydroxylation is 1. The minimum absolute atomic E-state index is 0.142. The van der Waals surface area contributed by atoms with Crippen LogP contribution in [0.25, 0.3) is 5.65 Å². The molecule has 1 atom stereocenters. The quantitative estimate of drug-likeness (QED) is 0.840. The van der Waals surface area contributed by atoms with Crippen molar-refractivity contribution in [2.24, 2.45) is 5.73 Å². The van der Waals surface area contributed by atoms with Crippen molar-refractivity contribution in [2.75, 3.05) is 5.75 Å². The average molecular weight is 293 g/mol. The van der Waals surface area contributed by atoms with E-state index < -0.39 is 12.0 Å². The summed E-state index contributed by atoms with van der Waals surface area (Å²) in [5.74, 6) is -0.287. The van der Waals surface area contributed by atoms with Crippen LogP contribution in [0.1, 0.15) is 11.3 Å². The lowest BCUT2D eigenvalue weighted by Crippen LogP contribution is -2.32. The normalized spacial score (nSPS) is 12.5. The Hall–Kier alpha value is -1.86. The summed E-state index contributed by atoms with van der Waals surface area (Å²) in [7, 11) is 0. The van der Waals surface area contributed by atoms with Gasteiger partial charge in [0.2, 0.25) is 0 Å². The van der Waals surface area contributed by atoms with Crippen LogP contribution in [0.4, 0.5) is 0 Å². The monoisotopic (exact) mass is 293 g/mol. The predicted molar refractivity (Wildman–Crippen MR) is 78.0 cm³/mol. The van der Waals surface area contributed by atoms with Gasteiger partial charge in [0.25, 0.3) is 5.56 Å². The first-order valence-electron chi connectivity index (χ1n) is 6.03. The molecule has 0 radical (unpaired) electrons. The summed E-state index contributed by atoms with van der Waals surface area (Å²) in [6, 6.07) is 4.25. The molecule has 0 aliphatic carbocycles. The molecule has 6 nitrogen and oxygen atoms in total. The SMILES string of the molecule is Cc1cccn2c(=O)cc(CSC[C@H](N)C(=O)O)nc12. The smallest absolute Gasteiger partial charge is 0.321 e. The highest BCUT2D eigenvalue weighted by atomic mass is 32.2. The molecule has 0 saturated heterocycles. The number of thioether (sulfide) groups is 1. The first-order valence-corrected chi connectivity index (χ1v) is 7.18. The molecule has 0 bridgehead atoms. The van der Waals surface area contributed by atoms with E-state index in [0.717, 1.165) is 5.56 Å². The van der Waals surface area contributed by atoms with Crippen LogP contribution in [-0.2, 0) is 10.5 Å². The number of hydrogen-bond donors (Lipinski definition) is 2. The molecule has 7 heteroatoms. The molecule has 3 N–H and O–H groups in total. The summed E-state index contributed by atoms with van der Waals surface area (Å²) < 4.78 is 1.49. The van der Waals surface area contributed by atoms with Crippen molar-refractivity contribution in [3.8, 4) is 0 Å². The minimum Gasteiger partial charge on any atom is -0.480 e. The van der Waals surface area contributed by atoms with E-state index in [2.05, 4.69) is 4.98 Å². The lowest BCUT2D eigenvalue weighted by Gasteiger charge is -2.07. The highest BCUT2D eigenvalue weighted by Crippen LogP contribution is 2.12. The number of nitrogens with two attached hydrogens (primary N) is 1. The predicted octanol–water partition coefficient (Wildman–Crippen LogP) is 0.648. The summed E-state index contributed by atoms with van der Waals surface area (Å²) in [5, 5.41) is 8.69. The number of nitrogens with zero attached hydrogens (tertiary/aromatic N) is 2. The summed E-state index contributed by atoms with van der Waals surface area (Å²) in [6.07, 6.45) is 1.68. The minimum atomic E-state index is -1.03. The van der Waals surface area contributed by atoms with Crippen LogP contribution >= 0.6 is 11.8 Å². The van der Waals surface area contributed by atoms with E-state index >= 15 is 0 Å². The second kappa shape index (κ2) is 6.06. The van der Waals surface area contributed by atoms with E-state index in [9.17, 15) is 9.59 Å². The van der Waals surface area contributed by atoms with Gasteiger partial charge in [-0.05, 0) is 18.6 Å². The van der Waals surface area contributed by atoms with Crippen molar-refractivity contribution in [3.63, 3.8) is 0 Å². The zero-order valence-corrected chi connectivity index (χ0v) is 11.8. The van der Waals surface area contributed by atoms with Gasteiger partial charge < -0.3 is 10.8 Å². The number of aromatic nitrogens is 2. The largest absolute Gasteiger partial charge is 0.480 e. The first kappa shape index (κ1) is 14.5. The number of carboxylic acid groups (broad SMARTS) is 1. The van der Waals surface area contributed by atoms with Gasteiger partial charge in [0.15, 0.2) is 0 Å². The van der Waals surface area contributed by atoms with Crippen molar-refractivity contribution in [1.29, 1.82) is 0 Å². The topological polar surface area (TPSA) is 97.7 Å². The van der Waals surface area contributed by atoms with Crippen LogP contribution in [0.3, 0.4) is 0 Å². The van der Waals surface area contributed by atoms with Crippen molar-refractivity contribution in [3.05, 3.63) is 46.0 Å². The molecule has 106 valence electrons. The van der Waals surface area contributed by atoms with Gasteiger partial charge in [0, 0.05) is 23.8 Å². The number of hydrogen-bond acceptors (Lipinski definition) is 5. The first-order chi connectivity index (χ1) is 9.49. The van der Waals surface area contributed by atoms with Gasteiger partial charge in [-0.25, -0.2) is 4.98 Å². The Morgan fingerprint density at radius 1 is 1.60 bits per heavy atom. The molecule has 0 spiro atoms. The van der Waals surface area contributed by atoms with Gasteiger partial charge in [-0.3, -0.25) is 14.0 Å². The van der Waals surface area contributed by atoms with Crippen LogP contribution < -0.4 is 11.3 Å². The van der Waals surface area contributed by atoms with E-state index in [-0.39, 0.29) is 11.3 Å². The van der Waals surface area contributed by atoms with Crippen LogP contribution in [0.2, 0.25) is 0 Å². The van der Waals surface area contributed by atoms with Gasteiger partial charge in [0.05, 0.1) is 5.69 Å². The Morgan fingerprint density at radius 2 is 2.35 bits per heavy atom. The van der Waals surface area contributed by atoms with Crippen molar-refractivity contribution in [1.82, 2.24) is 9.38 Å². The summed E-state index contributed by atoms with van der Waals surface area (Å²) >= 11 is 1.35. The van der Waals surface area contributed by atoms with Crippen LogP contribution in [-0.4, -0.2) is 32.3 Å². The average Bonchev–Trinajstić information content (AvgIpc) is 2.40. The molecule has 2 aromatic heterocycles. The Labute approximate surface area is 119 Å². The van der Waals surface area contributed by atoms with Crippen molar-refractivity contribution in [2.45, 2.75) is 18.7 Å². The molecule has 2 aromatic rings. The third kappa shape index (κ3) is 3.17. The maximum atomic E-state index is 12.0. The zero-order chi connectivity index (χ0) is 14.7. The molecule has 20 heavy (non-hydrogen) atoms. The molecule has 0 fully saturated rings. The fourth-order valence-corrected chi connectivity index (χ4v) is 2.62. The van der Waals surface area contributed by atoms with Crippen LogP contribution in [0, 0.1) is 6.92 Å². The maximum Gasteiger partial charge on any atom is 0.321 e. The number of rotatable bonds is 5. The van der Waals surface area contributed by atoms with Gasteiger partial charge in [-0.1, -0.05) is 6.07 Å². The lowest BCUT2D eigenvalue weighted by atomic mass is 10.3. The molecule has 0 amide bonds. The number of carboxylic acids is 1. The van der Waals surface area contributed by atoms with Gasteiger partial charge in [-0.15, -0.1) is 0 Å².